The van der Waals surface area contributed by atoms with Crippen LogP contribution < -0.4 is 5.73 Å². The second-order valence-corrected chi connectivity index (χ2v) is 6.45. The molecule has 1 heterocycles. The van der Waals surface area contributed by atoms with Crippen LogP contribution in [0.3, 0.4) is 0 Å². The Morgan fingerprint density at radius 2 is 2.05 bits per heavy atom. The van der Waals surface area contributed by atoms with E-state index in [9.17, 15) is 0 Å². The first-order valence-electron chi connectivity index (χ1n) is 8.07. The minimum atomic E-state index is 0.576. The van der Waals surface area contributed by atoms with E-state index < -0.39 is 0 Å². The molecule has 1 aromatic heterocycles. The highest BCUT2D eigenvalue weighted by Crippen LogP contribution is 2.25. The fourth-order valence-electron chi connectivity index (χ4n) is 2.96. The van der Waals surface area contributed by atoms with Crippen LogP contribution in [0.2, 0.25) is 0 Å². The van der Waals surface area contributed by atoms with Gasteiger partial charge in [-0.25, -0.2) is 0 Å². The van der Waals surface area contributed by atoms with Crippen LogP contribution in [0, 0.1) is 5.92 Å². The van der Waals surface area contributed by atoms with Gasteiger partial charge in [-0.2, -0.15) is 0 Å². The fraction of sp³-hybridized carbons (Fsp3) is 0.706. The zero-order valence-corrected chi connectivity index (χ0v) is 13.0. The highest BCUT2D eigenvalue weighted by Gasteiger charge is 2.22. The number of hydrogen-bond donors (Lipinski definition) is 1. The molecule has 2 N–H and O–H groups in total. The van der Waals surface area contributed by atoms with E-state index in [1.165, 1.54) is 44.3 Å². The highest BCUT2D eigenvalue weighted by atomic mass is 15.2. The summed E-state index contributed by atoms with van der Waals surface area (Å²) in [5, 5.41) is 0. The largest absolute Gasteiger partial charge is 0.326 e. The van der Waals surface area contributed by atoms with Gasteiger partial charge in [0.2, 0.25) is 0 Å². The molecule has 0 unspecified atom stereocenters. The summed E-state index contributed by atoms with van der Waals surface area (Å²) < 4.78 is 0. The van der Waals surface area contributed by atoms with E-state index in [-0.39, 0.29) is 0 Å². The number of pyridine rings is 1. The lowest BCUT2D eigenvalue weighted by Crippen LogP contribution is -2.34. The highest BCUT2D eigenvalue weighted by molar-refractivity contribution is 5.13. The lowest BCUT2D eigenvalue weighted by atomic mass is 10.1. The Balaban J connectivity index is 1.97. The molecule has 0 amide bonds. The van der Waals surface area contributed by atoms with Gasteiger partial charge in [-0.3, -0.25) is 9.88 Å². The van der Waals surface area contributed by atoms with E-state index in [0.717, 1.165) is 24.1 Å². The summed E-state index contributed by atoms with van der Waals surface area (Å²) in [4.78, 5) is 7.22. The summed E-state index contributed by atoms with van der Waals surface area (Å²) in [5.41, 5.74) is 7.92. The summed E-state index contributed by atoms with van der Waals surface area (Å²) in [6.07, 6.45) is 8.70. The van der Waals surface area contributed by atoms with Crippen molar-refractivity contribution in [2.24, 2.45) is 11.7 Å². The van der Waals surface area contributed by atoms with Gasteiger partial charge in [0.15, 0.2) is 0 Å². The Hall–Kier alpha value is -0.930. The monoisotopic (exact) mass is 275 g/mol. The molecule has 1 aliphatic carbocycles. The van der Waals surface area contributed by atoms with Crippen molar-refractivity contribution in [1.82, 2.24) is 9.88 Å². The zero-order chi connectivity index (χ0) is 14.4. The maximum absolute atomic E-state index is 5.63. The summed E-state index contributed by atoms with van der Waals surface area (Å²) in [5.74, 6) is 0.770. The minimum Gasteiger partial charge on any atom is -0.326 e. The second-order valence-electron chi connectivity index (χ2n) is 6.45. The van der Waals surface area contributed by atoms with Gasteiger partial charge in [-0.15, -0.1) is 0 Å². The molecule has 3 nitrogen and oxygen atoms in total. The maximum atomic E-state index is 5.63. The van der Waals surface area contributed by atoms with E-state index in [4.69, 9.17) is 5.73 Å². The standard InChI is InChI=1S/C17H29N3/c1-14(2)9-10-20(17-5-3-4-6-17)13-16-8-7-15(11-18)12-19-16/h7-8,12,14,17H,3-6,9-11,13,18H2,1-2H3. The molecule has 112 valence electrons. The second kappa shape index (κ2) is 7.75. The van der Waals surface area contributed by atoms with Gasteiger partial charge in [0.05, 0.1) is 5.69 Å². The van der Waals surface area contributed by atoms with Crippen molar-refractivity contribution in [3.63, 3.8) is 0 Å². The molecule has 1 saturated carbocycles. The van der Waals surface area contributed by atoms with Crippen LogP contribution in [-0.4, -0.2) is 22.5 Å². The molecule has 3 heteroatoms. The molecule has 1 aromatic rings. The maximum Gasteiger partial charge on any atom is 0.0544 e. The zero-order valence-electron chi connectivity index (χ0n) is 13.0. The first kappa shape index (κ1) is 15.5. The van der Waals surface area contributed by atoms with Crippen molar-refractivity contribution in [2.45, 2.75) is 65.1 Å². The molecule has 0 aromatic carbocycles. The molecule has 0 radical (unpaired) electrons. The molecular formula is C17H29N3. The topological polar surface area (TPSA) is 42.1 Å². The number of aromatic nitrogens is 1. The van der Waals surface area contributed by atoms with Gasteiger partial charge in [0.25, 0.3) is 0 Å². The average molecular weight is 275 g/mol. The van der Waals surface area contributed by atoms with Crippen LogP contribution in [0.5, 0.6) is 0 Å². The molecule has 0 spiro atoms. The van der Waals surface area contributed by atoms with Crippen LogP contribution in [0.1, 0.15) is 57.2 Å². The van der Waals surface area contributed by atoms with Crippen molar-refractivity contribution < 1.29 is 0 Å². The third kappa shape index (κ3) is 4.57. The summed E-state index contributed by atoms with van der Waals surface area (Å²) >= 11 is 0. The van der Waals surface area contributed by atoms with Gasteiger partial charge in [0.1, 0.15) is 0 Å². The third-order valence-electron chi connectivity index (χ3n) is 4.32. The van der Waals surface area contributed by atoms with E-state index in [2.05, 4.69) is 35.9 Å². The fourth-order valence-corrected chi connectivity index (χ4v) is 2.96. The molecule has 0 aliphatic heterocycles. The van der Waals surface area contributed by atoms with Crippen LogP contribution in [0.15, 0.2) is 18.3 Å². The Bertz CT molecular complexity index is 380. The summed E-state index contributed by atoms with van der Waals surface area (Å²) in [7, 11) is 0. The van der Waals surface area contributed by atoms with Crippen LogP contribution in [0.4, 0.5) is 0 Å². The van der Waals surface area contributed by atoms with Crippen molar-refractivity contribution in [3.05, 3.63) is 29.6 Å². The van der Waals surface area contributed by atoms with Crippen molar-refractivity contribution in [3.8, 4) is 0 Å². The number of rotatable bonds is 7. The molecule has 1 aliphatic rings. The molecule has 20 heavy (non-hydrogen) atoms. The number of nitrogens with zero attached hydrogens (tertiary/aromatic N) is 2. The molecule has 0 saturated heterocycles. The van der Waals surface area contributed by atoms with Gasteiger partial charge in [-0.05, 0) is 43.4 Å². The Kier molecular flexibility index (Phi) is 5.99. The quantitative estimate of drug-likeness (QED) is 0.830. The molecule has 2 rings (SSSR count). The Morgan fingerprint density at radius 3 is 2.60 bits per heavy atom. The van der Waals surface area contributed by atoms with Crippen LogP contribution >= 0.6 is 0 Å². The average Bonchev–Trinajstić information content (AvgIpc) is 2.98. The summed E-state index contributed by atoms with van der Waals surface area (Å²) in [6.45, 7) is 7.38. The smallest absolute Gasteiger partial charge is 0.0544 e. The van der Waals surface area contributed by atoms with Crippen molar-refractivity contribution >= 4 is 0 Å². The lowest BCUT2D eigenvalue weighted by Gasteiger charge is -2.29. The van der Waals surface area contributed by atoms with Crippen LogP contribution in [0.25, 0.3) is 0 Å². The van der Waals surface area contributed by atoms with E-state index >= 15 is 0 Å². The molecule has 0 bridgehead atoms. The Morgan fingerprint density at radius 1 is 1.30 bits per heavy atom. The van der Waals surface area contributed by atoms with Crippen LogP contribution in [-0.2, 0) is 13.1 Å². The van der Waals surface area contributed by atoms with Gasteiger partial charge in [-0.1, -0.05) is 32.8 Å². The molecule has 0 atom stereocenters. The summed E-state index contributed by atoms with van der Waals surface area (Å²) in [6, 6.07) is 5.02. The Labute approximate surface area is 123 Å². The first-order chi connectivity index (χ1) is 9.69. The SMILES string of the molecule is CC(C)CCN(Cc1ccc(CN)cn1)C1CCCC1. The molecular weight excluding hydrogens is 246 g/mol. The van der Waals surface area contributed by atoms with E-state index in [1.807, 2.05) is 6.20 Å². The third-order valence-corrected chi connectivity index (χ3v) is 4.32. The van der Waals surface area contributed by atoms with Gasteiger partial charge in [0, 0.05) is 25.3 Å². The first-order valence-corrected chi connectivity index (χ1v) is 8.07. The normalized spacial score (nSPS) is 16.4. The number of nitrogens with two attached hydrogens (primary N) is 1. The van der Waals surface area contributed by atoms with Crippen molar-refractivity contribution in [2.75, 3.05) is 6.54 Å². The molecule has 1 fully saturated rings. The van der Waals surface area contributed by atoms with E-state index in [1.54, 1.807) is 0 Å². The van der Waals surface area contributed by atoms with E-state index in [0.29, 0.717) is 6.54 Å². The number of hydrogen-bond acceptors (Lipinski definition) is 3. The predicted molar refractivity (Wildman–Crippen MR) is 84.2 cm³/mol. The predicted octanol–water partition coefficient (Wildman–Crippen LogP) is 3.33. The van der Waals surface area contributed by atoms with Crippen molar-refractivity contribution in [1.29, 1.82) is 0 Å². The van der Waals surface area contributed by atoms with Gasteiger partial charge < -0.3 is 5.73 Å². The van der Waals surface area contributed by atoms with Gasteiger partial charge >= 0.3 is 0 Å². The lowest BCUT2D eigenvalue weighted by molar-refractivity contribution is 0.177. The minimum absolute atomic E-state index is 0.576.